The Labute approximate surface area is 194 Å². The van der Waals surface area contributed by atoms with Gasteiger partial charge < -0.3 is 9.80 Å². The molecule has 0 radical (unpaired) electrons. The number of hydrogen-bond acceptors (Lipinski definition) is 2. The van der Waals surface area contributed by atoms with E-state index in [2.05, 4.69) is 36.2 Å². The Balaban J connectivity index is 0.00000784. The molecule has 29 heavy (non-hydrogen) atoms. The highest BCUT2D eigenvalue weighted by atomic mass is 79.9. The van der Waals surface area contributed by atoms with Crippen molar-refractivity contribution in [1.29, 1.82) is 0 Å². The van der Waals surface area contributed by atoms with Gasteiger partial charge in [-0.25, -0.2) is 0 Å². The molecule has 3 heteroatoms. The van der Waals surface area contributed by atoms with Crippen molar-refractivity contribution in [3.05, 3.63) is 12.4 Å². The van der Waals surface area contributed by atoms with Crippen LogP contribution in [0.25, 0.3) is 0 Å². The Hall–Kier alpha value is -0.180. The van der Waals surface area contributed by atoms with Crippen molar-refractivity contribution in [2.45, 2.75) is 135 Å². The lowest BCUT2D eigenvalue weighted by atomic mass is 10.0. The summed E-state index contributed by atoms with van der Waals surface area (Å²) >= 11 is 0. The van der Waals surface area contributed by atoms with Crippen molar-refractivity contribution in [1.82, 2.24) is 9.80 Å². The summed E-state index contributed by atoms with van der Waals surface area (Å²) in [7, 11) is 2.15. The fraction of sp³-hybridized carbons (Fsp3) is 0.923. The SMILES string of the molecule is Br.CCCCCCCCCCCCCCCCCCCCCCN1C=CN(C)C1. The molecule has 174 valence electrons. The van der Waals surface area contributed by atoms with Crippen LogP contribution in [0.3, 0.4) is 0 Å². The molecule has 1 rings (SSSR count). The molecule has 2 nitrogen and oxygen atoms in total. The van der Waals surface area contributed by atoms with Gasteiger partial charge in [0.15, 0.2) is 0 Å². The number of nitrogens with zero attached hydrogens (tertiary/aromatic N) is 2. The quantitative estimate of drug-likeness (QED) is 0.153. The molecule has 0 saturated heterocycles. The fourth-order valence-electron chi connectivity index (χ4n) is 4.30. The minimum absolute atomic E-state index is 0. The summed E-state index contributed by atoms with van der Waals surface area (Å²) in [4.78, 5) is 4.67. The van der Waals surface area contributed by atoms with Gasteiger partial charge in [0.2, 0.25) is 0 Å². The molecule has 0 unspecified atom stereocenters. The van der Waals surface area contributed by atoms with Crippen LogP contribution in [0.2, 0.25) is 0 Å². The molecule has 0 aromatic heterocycles. The first kappa shape index (κ1) is 28.8. The van der Waals surface area contributed by atoms with E-state index in [0.717, 1.165) is 6.67 Å². The summed E-state index contributed by atoms with van der Waals surface area (Å²) in [5, 5.41) is 0. The molecule has 0 N–H and O–H groups in total. The van der Waals surface area contributed by atoms with Gasteiger partial charge >= 0.3 is 0 Å². The van der Waals surface area contributed by atoms with E-state index < -0.39 is 0 Å². The summed E-state index contributed by atoms with van der Waals surface area (Å²) in [6, 6.07) is 0. The number of unbranched alkanes of at least 4 members (excludes halogenated alkanes) is 19. The zero-order valence-electron chi connectivity index (χ0n) is 20.0. The first-order valence-electron chi connectivity index (χ1n) is 13.0. The van der Waals surface area contributed by atoms with Crippen LogP contribution in [0.5, 0.6) is 0 Å². The van der Waals surface area contributed by atoms with Crippen molar-refractivity contribution in [2.24, 2.45) is 0 Å². The van der Waals surface area contributed by atoms with E-state index >= 15 is 0 Å². The zero-order chi connectivity index (χ0) is 20.1. The molecule has 0 aromatic carbocycles. The van der Waals surface area contributed by atoms with Crippen LogP contribution < -0.4 is 0 Å². The van der Waals surface area contributed by atoms with Gasteiger partial charge in [-0.05, 0) is 6.42 Å². The molecular weight excluding hydrogens is 420 g/mol. The van der Waals surface area contributed by atoms with Gasteiger partial charge in [-0.3, -0.25) is 0 Å². The molecule has 1 heterocycles. The molecule has 0 atom stereocenters. The Morgan fingerprint density at radius 2 is 0.862 bits per heavy atom. The van der Waals surface area contributed by atoms with E-state index in [9.17, 15) is 0 Å². The summed E-state index contributed by atoms with van der Waals surface area (Å²) in [6.45, 7) is 4.62. The maximum absolute atomic E-state index is 2.43. The summed E-state index contributed by atoms with van der Waals surface area (Å²) in [5.74, 6) is 0. The molecule has 0 aliphatic carbocycles. The highest BCUT2D eigenvalue weighted by molar-refractivity contribution is 8.93. The van der Waals surface area contributed by atoms with Crippen LogP contribution in [-0.2, 0) is 0 Å². The summed E-state index contributed by atoms with van der Waals surface area (Å²) in [6.07, 6.45) is 33.6. The smallest absolute Gasteiger partial charge is 0.0890 e. The van der Waals surface area contributed by atoms with Crippen molar-refractivity contribution in [3.63, 3.8) is 0 Å². The van der Waals surface area contributed by atoms with Crippen LogP contribution in [0.1, 0.15) is 135 Å². The van der Waals surface area contributed by atoms with E-state index in [0.29, 0.717) is 0 Å². The summed E-state index contributed by atoms with van der Waals surface area (Å²) in [5.41, 5.74) is 0. The molecule has 1 aliphatic rings. The van der Waals surface area contributed by atoms with Gasteiger partial charge in [0.05, 0.1) is 6.67 Å². The van der Waals surface area contributed by atoms with Gasteiger partial charge in [0.1, 0.15) is 0 Å². The van der Waals surface area contributed by atoms with E-state index in [1.807, 2.05) is 0 Å². The average Bonchev–Trinajstić information content (AvgIpc) is 3.11. The predicted molar refractivity (Wildman–Crippen MR) is 137 cm³/mol. The van der Waals surface area contributed by atoms with E-state index in [-0.39, 0.29) is 17.0 Å². The van der Waals surface area contributed by atoms with Crippen LogP contribution in [0, 0.1) is 0 Å². The number of hydrogen-bond donors (Lipinski definition) is 0. The number of rotatable bonds is 21. The van der Waals surface area contributed by atoms with Crippen molar-refractivity contribution in [2.75, 3.05) is 20.3 Å². The molecule has 0 fully saturated rings. The van der Waals surface area contributed by atoms with E-state index in [1.54, 1.807) is 0 Å². The second-order valence-electron chi connectivity index (χ2n) is 9.23. The highest BCUT2D eigenvalue weighted by Crippen LogP contribution is 2.15. The van der Waals surface area contributed by atoms with Gasteiger partial charge in [0.25, 0.3) is 0 Å². The Morgan fingerprint density at radius 3 is 1.17 bits per heavy atom. The second kappa shape index (κ2) is 22.5. The second-order valence-corrected chi connectivity index (χ2v) is 9.23. The molecule has 0 amide bonds. The standard InChI is InChI=1S/C26H52N2.BrH/c1-3-4-5-6-7-8-9-10-11-12-13-14-15-16-17-18-19-20-21-22-23-28-25-24-27(2)26-28;/h24-25H,3-23,26H2,1-2H3;1H. The minimum Gasteiger partial charge on any atom is -0.362 e. The third-order valence-electron chi connectivity index (χ3n) is 6.24. The Bertz CT molecular complexity index is 346. The van der Waals surface area contributed by atoms with E-state index in [4.69, 9.17) is 0 Å². The van der Waals surface area contributed by atoms with Crippen molar-refractivity contribution < 1.29 is 0 Å². The van der Waals surface area contributed by atoms with Gasteiger partial charge in [-0.2, -0.15) is 0 Å². The maximum atomic E-state index is 2.43. The third-order valence-corrected chi connectivity index (χ3v) is 6.24. The molecule has 0 spiro atoms. The lowest BCUT2D eigenvalue weighted by molar-refractivity contribution is 0.290. The fourth-order valence-corrected chi connectivity index (χ4v) is 4.30. The molecule has 1 aliphatic heterocycles. The van der Waals surface area contributed by atoms with Crippen LogP contribution in [0.15, 0.2) is 12.4 Å². The molecule has 0 aromatic rings. The normalized spacial score (nSPS) is 13.3. The molecular formula is C26H53BrN2. The largest absolute Gasteiger partial charge is 0.362 e. The molecule has 0 bridgehead atoms. The van der Waals surface area contributed by atoms with E-state index in [1.165, 1.54) is 135 Å². The minimum atomic E-state index is 0. The van der Waals surface area contributed by atoms with Crippen molar-refractivity contribution >= 4 is 17.0 Å². The third kappa shape index (κ3) is 19.5. The van der Waals surface area contributed by atoms with Crippen LogP contribution >= 0.6 is 17.0 Å². The first-order chi connectivity index (χ1) is 13.8. The van der Waals surface area contributed by atoms with Crippen molar-refractivity contribution in [3.8, 4) is 0 Å². The van der Waals surface area contributed by atoms with Gasteiger partial charge in [0, 0.05) is 26.0 Å². The van der Waals surface area contributed by atoms with Crippen LogP contribution in [0.4, 0.5) is 0 Å². The lowest BCUT2D eigenvalue weighted by Gasteiger charge is -2.17. The predicted octanol–water partition coefficient (Wildman–Crippen LogP) is 9.06. The highest BCUT2D eigenvalue weighted by Gasteiger charge is 2.06. The number of halogens is 1. The Morgan fingerprint density at radius 1 is 0.517 bits per heavy atom. The average molecular weight is 474 g/mol. The first-order valence-corrected chi connectivity index (χ1v) is 13.0. The molecule has 0 saturated carbocycles. The summed E-state index contributed by atoms with van der Waals surface area (Å²) < 4.78 is 0. The Kier molecular flexibility index (Phi) is 22.4. The lowest BCUT2D eigenvalue weighted by Crippen LogP contribution is -2.23. The topological polar surface area (TPSA) is 6.48 Å². The van der Waals surface area contributed by atoms with Crippen LogP contribution in [-0.4, -0.2) is 30.1 Å². The van der Waals surface area contributed by atoms with Gasteiger partial charge in [-0.1, -0.05) is 129 Å². The maximum Gasteiger partial charge on any atom is 0.0890 e. The zero-order valence-corrected chi connectivity index (χ0v) is 21.7. The monoisotopic (exact) mass is 472 g/mol. The van der Waals surface area contributed by atoms with Gasteiger partial charge in [-0.15, -0.1) is 17.0 Å².